The molecule has 4 nitrogen and oxygen atoms in total. The Bertz CT molecular complexity index is 778. The molecule has 2 unspecified atom stereocenters. The molecule has 2 aliphatic rings. The van der Waals surface area contributed by atoms with Gasteiger partial charge in [0.05, 0.1) is 0 Å². The molecule has 2 fully saturated rings. The van der Waals surface area contributed by atoms with Crippen LogP contribution in [-0.2, 0) is 6.54 Å². The van der Waals surface area contributed by atoms with Gasteiger partial charge in [0.25, 0.3) is 0 Å². The van der Waals surface area contributed by atoms with Crippen molar-refractivity contribution in [1.82, 2.24) is 15.5 Å². The Hall–Kier alpha value is -1.85. The molecule has 0 spiro atoms. The molecule has 2 aromatic rings. The van der Waals surface area contributed by atoms with E-state index in [1.54, 1.807) is 11.3 Å². The number of rotatable bonds is 6. The first kappa shape index (κ1) is 19.5. The third-order valence-electron chi connectivity index (χ3n) is 5.93. The van der Waals surface area contributed by atoms with E-state index in [-0.39, 0.29) is 0 Å². The summed E-state index contributed by atoms with van der Waals surface area (Å²) in [5.74, 6) is 1.62. The molecular weight excluding hydrogens is 364 g/mol. The molecule has 2 atom stereocenters. The molecule has 1 aliphatic heterocycles. The summed E-state index contributed by atoms with van der Waals surface area (Å²) in [6.07, 6.45) is 3.56. The maximum absolute atomic E-state index is 4.71. The monoisotopic (exact) mass is 396 g/mol. The van der Waals surface area contributed by atoms with E-state index in [9.17, 15) is 0 Å². The van der Waals surface area contributed by atoms with E-state index in [0.29, 0.717) is 18.0 Å². The summed E-state index contributed by atoms with van der Waals surface area (Å²) in [5.41, 5.74) is 4.33. The first-order valence-electron chi connectivity index (χ1n) is 10.6. The van der Waals surface area contributed by atoms with Gasteiger partial charge in [0.2, 0.25) is 0 Å². The van der Waals surface area contributed by atoms with Crippen LogP contribution in [0.4, 0.5) is 0 Å². The van der Waals surface area contributed by atoms with Crippen molar-refractivity contribution in [1.29, 1.82) is 0 Å². The topological polar surface area (TPSA) is 39.7 Å². The number of piperidine rings is 1. The van der Waals surface area contributed by atoms with E-state index < -0.39 is 0 Å². The van der Waals surface area contributed by atoms with Crippen LogP contribution in [0.1, 0.15) is 48.8 Å². The minimum Gasteiger partial charge on any atom is -0.354 e. The maximum Gasteiger partial charge on any atom is 0.191 e. The number of thiophene rings is 1. The number of hydrogen-bond donors (Lipinski definition) is 2. The molecule has 4 rings (SSSR count). The molecule has 150 valence electrons. The predicted molar refractivity (Wildman–Crippen MR) is 119 cm³/mol. The quantitative estimate of drug-likeness (QED) is 0.570. The highest BCUT2D eigenvalue weighted by atomic mass is 32.1. The van der Waals surface area contributed by atoms with Crippen molar-refractivity contribution in [2.75, 3.05) is 19.6 Å². The van der Waals surface area contributed by atoms with Gasteiger partial charge in [-0.15, -0.1) is 0 Å². The van der Waals surface area contributed by atoms with Gasteiger partial charge in [-0.3, -0.25) is 9.89 Å². The Morgan fingerprint density at radius 1 is 1.18 bits per heavy atom. The van der Waals surface area contributed by atoms with Gasteiger partial charge in [-0.2, -0.15) is 11.3 Å². The summed E-state index contributed by atoms with van der Waals surface area (Å²) in [7, 11) is 0. The number of benzene rings is 1. The molecule has 0 amide bonds. The fourth-order valence-corrected chi connectivity index (χ4v) is 4.90. The average molecular weight is 397 g/mol. The van der Waals surface area contributed by atoms with Crippen LogP contribution >= 0.6 is 11.3 Å². The predicted octanol–water partition coefficient (Wildman–Crippen LogP) is 4.13. The van der Waals surface area contributed by atoms with Crippen LogP contribution in [0.3, 0.4) is 0 Å². The Morgan fingerprint density at radius 3 is 2.71 bits per heavy atom. The second kappa shape index (κ2) is 9.10. The zero-order chi connectivity index (χ0) is 19.3. The van der Waals surface area contributed by atoms with Crippen molar-refractivity contribution in [3.63, 3.8) is 0 Å². The van der Waals surface area contributed by atoms with Gasteiger partial charge >= 0.3 is 0 Å². The summed E-state index contributed by atoms with van der Waals surface area (Å²) in [6, 6.07) is 12.0. The van der Waals surface area contributed by atoms with Crippen LogP contribution < -0.4 is 10.6 Å². The van der Waals surface area contributed by atoms with Crippen molar-refractivity contribution >= 4 is 17.3 Å². The van der Waals surface area contributed by atoms with Crippen LogP contribution in [-0.4, -0.2) is 42.6 Å². The normalized spacial score (nSPS) is 23.6. The van der Waals surface area contributed by atoms with E-state index in [2.05, 4.69) is 70.5 Å². The lowest BCUT2D eigenvalue weighted by molar-refractivity contribution is 0.198. The standard InChI is InChI=1S/C23H32N4S/c1-3-24-23(26-22-14-21(22)20-7-5-4-6-17(20)2)25-19-8-11-27(12-9-19)15-18-10-13-28-16-18/h4-7,10,13,16,19,21-22H,3,8-9,11-12,14-15H2,1-2H3,(H2,24,25,26). The molecule has 1 saturated heterocycles. The molecular formula is C23H32N4S. The number of aryl methyl sites for hydroxylation is 1. The zero-order valence-electron chi connectivity index (χ0n) is 17.0. The van der Waals surface area contributed by atoms with E-state index in [4.69, 9.17) is 4.99 Å². The first-order valence-corrected chi connectivity index (χ1v) is 11.5. The molecule has 0 radical (unpaired) electrons. The van der Waals surface area contributed by atoms with Crippen LogP contribution in [0.5, 0.6) is 0 Å². The van der Waals surface area contributed by atoms with Crippen molar-refractivity contribution in [3.05, 3.63) is 57.8 Å². The highest BCUT2D eigenvalue weighted by Gasteiger charge is 2.40. The van der Waals surface area contributed by atoms with Crippen LogP contribution in [0.2, 0.25) is 0 Å². The van der Waals surface area contributed by atoms with Gasteiger partial charge in [-0.05, 0) is 66.6 Å². The molecule has 5 heteroatoms. The second-order valence-electron chi connectivity index (χ2n) is 8.10. The molecule has 1 aromatic heterocycles. The summed E-state index contributed by atoms with van der Waals surface area (Å²) in [5, 5.41) is 11.8. The number of nitrogens with zero attached hydrogens (tertiary/aromatic N) is 2. The van der Waals surface area contributed by atoms with Gasteiger partial charge < -0.3 is 10.6 Å². The number of nitrogens with one attached hydrogen (secondary N) is 2. The molecule has 0 bridgehead atoms. The van der Waals surface area contributed by atoms with Crippen molar-refractivity contribution in [2.24, 2.45) is 4.99 Å². The van der Waals surface area contributed by atoms with Gasteiger partial charge in [0, 0.05) is 44.2 Å². The molecule has 2 N–H and O–H groups in total. The number of hydrogen-bond acceptors (Lipinski definition) is 3. The lowest BCUT2D eigenvalue weighted by atomic mass is 10.0. The molecule has 1 aromatic carbocycles. The van der Waals surface area contributed by atoms with E-state index in [0.717, 1.165) is 32.1 Å². The van der Waals surface area contributed by atoms with Crippen molar-refractivity contribution < 1.29 is 0 Å². The molecule has 2 heterocycles. The molecule has 1 saturated carbocycles. The van der Waals surface area contributed by atoms with E-state index in [1.165, 1.54) is 36.0 Å². The number of guanidine groups is 1. The van der Waals surface area contributed by atoms with Crippen LogP contribution in [0.15, 0.2) is 46.1 Å². The minimum absolute atomic E-state index is 0.512. The summed E-state index contributed by atoms with van der Waals surface area (Å²) in [4.78, 5) is 7.28. The zero-order valence-corrected chi connectivity index (χ0v) is 17.8. The van der Waals surface area contributed by atoms with Crippen molar-refractivity contribution in [3.8, 4) is 0 Å². The Labute approximate surface area is 173 Å². The molecule has 1 aliphatic carbocycles. The lowest BCUT2D eigenvalue weighted by Gasteiger charge is -2.33. The Kier molecular flexibility index (Phi) is 6.33. The number of aliphatic imine (C=N–C) groups is 1. The SMILES string of the molecule is CCN=C(NC1CCN(Cc2ccsc2)CC1)NC1CC1c1ccccc1C. The summed E-state index contributed by atoms with van der Waals surface area (Å²) < 4.78 is 0. The van der Waals surface area contributed by atoms with E-state index >= 15 is 0 Å². The maximum atomic E-state index is 4.71. The van der Waals surface area contributed by atoms with Crippen LogP contribution in [0, 0.1) is 6.92 Å². The smallest absolute Gasteiger partial charge is 0.191 e. The summed E-state index contributed by atoms with van der Waals surface area (Å²) >= 11 is 1.79. The third kappa shape index (κ3) is 4.95. The largest absolute Gasteiger partial charge is 0.354 e. The van der Waals surface area contributed by atoms with Gasteiger partial charge in [0.15, 0.2) is 5.96 Å². The highest BCUT2D eigenvalue weighted by Crippen LogP contribution is 2.42. The average Bonchev–Trinajstić information content (AvgIpc) is 3.25. The Morgan fingerprint density at radius 2 is 2.00 bits per heavy atom. The van der Waals surface area contributed by atoms with Crippen LogP contribution in [0.25, 0.3) is 0 Å². The van der Waals surface area contributed by atoms with Crippen molar-refractivity contribution in [2.45, 2.75) is 57.7 Å². The second-order valence-corrected chi connectivity index (χ2v) is 8.88. The minimum atomic E-state index is 0.512. The number of likely N-dealkylation sites (tertiary alicyclic amines) is 1. The van der Waals surface area contributed by atoms with E-state index in [1.807, 2.05) is 0 Å². The van der Waals surface area contributed by atoms with Gasteiger partial charge in [-0.25, -0.2) is 0 Å². The summed E-state index contributed by atoms with van der Waals surface area (Å²) in [6.45, 7) is 8.54. The van der Waals surface area contributed by atoms with Gasteiger partial charge in [0.1, 0.15) is 0 Å². The fourth-order valence-electron chi connectivity index (χ4n) is 4.24. The fraction of sp³-hybridized carbons (Fsp3) is 0.522. The molecule has 28 heavy (non-hydrogen) atoms. The Balaban J connectivity index is 1.26. The first-order chi connectivity index (χ1) is 13.7. The van der Waals surface area contributed by atoms with Gasteiger partial charge in [-0.1, -0.05) is 24.3 Å². The lowest BCUT2D eigenvalue weighted by Crippen LogP contribution is -2.49. The highest BCUT2D eigenvalue weighted by molar-refractivity contribution is 7.07. The third-order valence-corrected chi connectivity index (χ3v) is 6.66.